The third kappa shape index (κ3) is 4.85. The number of amides is 1. The van der Waals surface area contributed by atoms with Crippen LogP contribution in [0, 0.1) is 0 Å². The predicted molar refractivity (Wildman–Crippen MR) is 125 cm³/mol. The topological polar surface area (TPSA) is 53.6 Å². The van der Waals surface area contributed by atoms with E-state index in [4.69, 9.17) is 16.3 Å². The van der Waals surface area contributed by atoms with E-state index in [9.17, 15) is 4.79 Å². The summed E-state index contributed by atoms with van der Waals surface area (Å²) in [6.07, 6.45) is 0.764. The van der Waals surface area contributed by atoms with Crippen LogP contribution >= 0.6 is 11.6 Å². The van der Waals surface area contributed by atoms with Crippen LogP contribution in [0.2, 0.25) is 5.02 Å². The number of fused-ring (bicyclic) bond motifs is 1. The predicted octanol–water partition coefficient (Wildman–Crippen LogP) is 3.98. The van der Waals surface area contributed by atoms with Crippen molar-refractivity contribution in [2.45, 2.75) is 31.6 Å². The molecule has 6 heteroatoms. The van der Waals surface area contributed by atoms with Gasteiger partial charge in [-0.1, -0.05) is 54.1 Å². The van der Waals surface area contributed by atoms with E-state index in [0.29, 0.717) is 13.1 Å². The Morgan fingerprint density at radius 3 is 2.65 bits per heavy atom. The van der Waals surface area contributed by atoms with Gasteiger partial charge in [-0.25, -0.2) is 0 Å². The maximum absolute atomic E-state index is 12.5. The van der Waals surface area contributed by atoms with Crippen molar-refractivity contribution in [2.75, 3.05) is 20.7 Å². The summed E-state index contributed by atoms with van der Waals surface area (Å²) in [7, 11) is 3.41. The summed E-state index contributed by atoms with van der Waals surface area (Å²) in [6.45, 7) is 2.20. The number of nitrogens with zero attached hydrogens (tertiary/aromatic N) is 1. The van der Waals surface area contributed by atoms with Crippen LogP contribution < -0.4 is 15.4 Å². The molecule has 0 aromatic heterocycles. The van der Waals surface area contributed by atoms with Crippen LogP contribution in [0.4, 0.5) is 0 Å². The number of methoxy groups -OCH3 is 1. The summed E-state index contributed by atoms with van der Waals surface area (Å²) in [6, 6.07) is 20.3. The standard InChI is InChI=1S/C25H28ClN3O2/c1-27-25(30)23-13-20(16-29(23)15-17-7-10-19(26)11-8-17)28-14-22-21-6-4-3-5-18(21)9-12-24(22)31-2/h3-12,20,23,28H,13-16H2,1-2H3,(H,27,30)/t20-,23-/m0/s1. The zero-order valence-electron chi connectivity index (χ0n) is 17.9. The molecule has 5 nitrogen and oxygen atoms in total. The lowest BCUT2D eigenvalue weighted by Crippen LogP contribution is -2.41. The molecule has 1 saturated heterocycles. The van der Waals surface area contributed by atoms with Gasteiger partial charge in [0.05, 0.1) is 13.2 Å². The smallest absolute Gasteiger partial charge is 0.237 e. The molecule has 0 spiro atoms. The van der Waals surface area contributed by atoms with E-state index in [1.165, 1.54) is 10.8 Å². The Balaban J connectivity index is 1.50. The molecule has 3 aromatic rings. The van der Waals surface area contributed by atoms with E-state index in [0.717, 1.165) is 34.9 Å². The molecule has 2 atom stereocenters. The maximum Gasteiger partial charge on any atom is 0.237 e. The number of carbonyl (C=O) groups excluding carboxylic acids is 1. The van der Waals surface area contributed by atoms with Gasteiger partial charge in [0, 0.05) is 43.3 Å². The summed E-state index contributed by atoms with van der Waals surface area (Å²) in [5, 5.41) is 9.60. The molecule has 0 aliphatic carbocycles. The maximum atomic E-state index is 12.5. The van der Waals surface area contributed by atoms with Crippen molar-refractivity contribution in [3.63, 3.8) is 0 Å². The first-order valence-corrected chi connectivity index (χ1v) is 10.9. The lowest BCUT2D eigenvalue weighted by atomic mass is 10.0. The van der Waals surface area contributed by atoms with Gasteiger partial charge in [0.25, 0.3) is 0 Å². The lowest BCUT2D eigenvalue weighted by Gasteiger charge is -2.23. The number of hydrogen-bond acceptors (Lipinski definition) is 4. The molecule has 3 aromatic carbocycles. The van der Waals surface area contributed by atoms with Crippen LogP contribution in [0.1, 0.15) is 17.5 Å². The summed E-state index contributed by atoms with van der Waals surface area (Å²) in [4.78, 5) is 14.8. The SMILES string of the molecule is CNC(=O)[C@@H]1C[C@H](NCc2c(OC)ccc3ccccc23)CN1Cc1ccc(Cl)cc1. The van der Waals surface area contributed by atoms with Crippen LogP contribution in [0.5, 0.6) is 5.75 Å². The molecule has 0 saturated carbocycles. The van der Waals surface area contributed by atoms with Gasteiger partial charge in [-0.05, 0) is 41.0 Å². The van der Waals surface area contributed by atoms with E-state index >= 15 is 0 Å². The third-order valence-electron chi connectivity index (χ3n) is 6.04. The monoisotopic (exact) mass is 437 g/mol. The van der Waals surface area contributed by atoms with Gasteiger partial charge in [0.15, 0.2) is 0 Å². The number of benzene rings is 3. The average Bonchev–Trinajstić information content (AvgIpc) is 3.20. The van der Waals surface area contributed by atoms with E-state index in [1.54, 1.807) is 14.2 Å². The molecule has 1 amide bonds. The summed E-state index contributed by atoms with van der Waals surface area (Å²) in [5.41, 5.74) is 2.29. The fraction of sp³-hybridized carbons (Fsp3) is 0.320. The second-order valence-electron chi connectivity index (χ2n) is 7.97. The van der Waals surface area contributed by atoms with Crippen LogP contribution in [-0.2, 0) is 17.9 Å². The quantitative estimate of drug-likeness (QED) is 0.587. The normalized spacial score (nSPS) is 18.9. The number of nitrogens with one attached hydrogen (secondary N) is 2. The van der Waals surface area contributed by atoms with Crippen molar-refractivity contribution in [3.05, 3.63) is 76.8 Å². The van der Waals surface area contributed by atoms with E-state index in [2.05, 4.69) is 39.8 Å². The highest BCUT2D eigenvalue weighted by Crippen LogP contribution is 2.29. The van der Waals surface area contributed by atoms with Gasteiger partial charge >= 0.3 is 0 Å². The highest BCUT2D eigenvalue weighted by atomic mass is 35.5. The Morgan fingerprint density at radius 2 is 1.90 bits per heavy atom. The zero-order valence-corrected chi connectivity index (χ0v) is 18.7. The largest absolute Gasteiger partial charge is 0.496 e. The Kier molecular flexibility index (Phi) is 6.76. The van der Waals surface area contributed by atoms with Crippen molar-refractivity contribution >= 4 is 28.3 Å². The zero-order chi connectivity index (χ0) is 21.8. The molecule has 0 radical (unpaired) electrons. The van der Waals surface area contributed by atoms with Gasteiger partial charge in [0.1, 0.15) is 5.75 Å². The highest BCUT2D eigenvalue weighted by molar-refractivity contribution is 6.30. The van der Waals surface area contributed by atoms with Crippen molar-refractivity contribution < 1.29 is 9.53 Å². The first-order chi connectivity index (χ1) is 15.1. The Bertz CT molecular complexity index is 1050. The second-order valence-corrected chi connectivity index (χ2v) is 8.40. The molecule has 31 heavy (non-hydrogen) atoms. The Labute approximate surface area is 188 Å². The third-order valence-corrected chi connectivity index (χ3v) is 6.29. The summed E-state index contributed by atoms with van der Waals surface area (Å²) in [5.74, 6) is 0.936. The first-order valence-electron chi connectivity index (χ1n) is 10.6. The van der Waals surface area contributed by atoms with Crippen LogP contribution in [0.3, 0.4) is 0 Å². The number of carbonyl (C=O) groups is 1. The molecule has 1 aliphatic heterocycles. The average molecular weight is 438 g/mol. The van der Waals surface area contributed by atoms with E-state index < -0.39 is 0 Å². The number of hydrogen-bond donors (Lipinski definition) is 2. The van der Waals surface area contributed by atoms with Crippen LogP contribution in [0.15, 0.2) is 60.7 Å². The van der Waals surface area contributed by atoms with Gasteiger partial charge in [-0.2, -0.15) is 0 Å². The number of likely N-dealkylation sites (N-methyl/N-ethyl adjacent to an activating group) is 1. The van der Waals surface area contributed by atoms with Gasteiger partial charge in [0.2, 0.25) is 5.91 Å². The minimum Gasteiger partial charge on any atom is -0.496 e. The van der Waals surface area contributed by atoms with Crippen molar-refractivity contribution in [1.29, 1.82) is 0 Å². The Morgan fingerprint density at radius 1 is 1.13 bits per heavy atom. The van der Waals surface area contributed by atoms with Crippen LogP contribution in [-0.4, -0.2) is 43.6 Å². The highest BCUT2D eigenvalue weighted by Gasteiger charge is 2.36. The molecular weight excluding hydrogens is 410 g/mol. The van der Waals surface area contributed by atoms with Gasteiger partial charge in [-0.15, -0.1) is 0 Å². The fourth-order valence-corrected chi connectivity index (χ4v) is 4.55. The molecule has 1 fully saturated rings. The minimum absolute atomic E-state index is 0.0565. The summed E-state index contributed by atoms with van der Waals surface area (Å²) >= 11 is 6.02. The fourth-order valence-electron chi connectivity index (χ4n) is 4.43. The Hall–Kier alpha value is -2.60. The molecule has 1 heterocycles. The first kappa shape index (κ1) is 21.6. The number of likely N-dealkylation sites (tertiary alicyclic amines) is 1. The second kappa shape index (κ2) is 9.69. The van der Waals surface area contributed by atoms with Crippen molar-refractivity contribution in [1.82, 2.24) is 15.5 Å². The van der Waals surface area contributed by atoms with Crippen LogP contribution in [0.25, 0.3) is 10.8 Å². The minimum atomic E-state index is -0.160. The van der Waals surface area contributed by atoms with E-state index in [-0.39, 0.29) is 18.0 Å². The van der Waals surface area contributed by atoms with E-state index in [1.807, 2.05) is 36.4 Å². The van der Waals surface area contributed by atoms with Crippen molar-refractivity contribution in [3.8, 4) is 5.75 Å². The molecule has 4 rings (SSSR count). The van der Waals surface area contributed by atoms with Gasteiger partial charge < -0.3 is 15.4 Å². The molecule has 162 valence electrons. The number of halogens is 1. The van der Waals surface area contributed by atoms with Gasteiger partial charge in [-0.3, -0.25) is 9.69 Å². The lowest BCUT2D eigenvalue weighted by molar-refractivity contribution is -0.125. The summed E-state index contributed by atoms with van der Waals surface area (Å²) < 4.78 is 5.63. The molecule has 0 bridgehead atoms. The molecule has 1 aliphatic rings. The molecule has 2 N–H and O–H groups in total. The molecular formula is C25H28ClN3O2. The van der Waals surface area contributed by atoms with Crippen molar-refractivity contribution in [2.24, 2.45) is 0 Å². The number of ether oxygens (including phenoxy) is 1. The molecule has 0 unspecified atom stereocenters. The number of rotatable bonds is 7.